The van der Waals surface area contributed by atoms with E-state index in [4.69, 9.17) is 9.47 Å². The molecular formula is C23H27FN2O3. The van der Waals surface area contributed by atoms with Gasteiger partial charge in [0.25, 0.3) is 0 Å². The Morgan fingerprint density at radius 2 is 2.00 bits per heavy atom. The molecule has 1 amide bonds. The Labute approximate surface area is 171 Å². The molecule has 0 saturated carbocycles. The van der Waals surface area contributed by atoms with Gasteiger partial charge in [-0.1, -0.05) is 24.3 Å². The summed E-state index contributed by atoms with van der Waals surface area (Å²) in [6.45, 7) is 2.84. The van der Waals surface area contributed by atoms with Crippen LogP contribution in [-0.2, 0) is 17.9 Å². The highest BCUT2D eigenvalue weighted by Gasteiger charge is 2.40. The van der Waals surface area contributed by atoms with Crippen LogP contribution in [-0.4, -0.2) is 49.0 Å². The van der Waals surface area contributed by atoms with Crippen LogP contribution in [0.25, 0.3) is 0 Å². The Balaban J connectivity index is 1.43. The predicted octanol–water partition coefficient (Wildman–Crippen LogP) is 3.47. The molecule has 2 aromatic rings. The molecule has 0 N–H and O–H groups in total. The third-order valence-corrected chi connectivity index (χ3v) is 6.08. The Morgan fingerprint density at radius 1 is 1.17 bits per heavy atom. The summed E-state index contributed by atoms with van der Waals surface area (Å²) in [6.07, 6.45) is 1.66. The van der Waals surface area contributed by atoms with Crippen molar-refractivity contribution < 1.29 is 18.7 Å². The minimum Gasteiger partial charge on any atom is -0.493 e. The van der Waals surface area contributed by atoms with Crippen LogP contribution in [0.5, 0.6) is 11.5 Å². The summed E-state index contributed by atoms with van der Waals surface area (Å²) in [6, 6.07) is 12.9. The Hall–Kier alpha value is -2.60. The predicted molar refractivity (Wildman–Crippen MR) is 108 cm³/mol. The first-order valence-electron chi connectivity index (χ1n) is 10.1. The van der Waals surface area contributed by atoms with Gasteiger partial charge < -0.3 is 14.4 Å². The number of benzene rings is 2. The van der Waals surface area contributed by atoms with Gasteiger partial charge in [0.15, 0.2) is 11.5 Å². The Kier molecular flexibility index (Phi) is 5.72. The second-order valence-corrected chi connectivity index (χ2v) is 7.93. The van der Waals surface area contributed by atoms with Gasteiger partial charge in [-0.15, -0.1) is 0 Å². The van der Waals surface area contributed by atoms with E-state index in [1.54, 1.807) is 25.3 Å². The van der Waals surface area contributed by atoms with E-state index in [2.05, 4.69) is 4.90 Å². The summed E-state index contributed by atoms with van der Waals surface area (Å²) >= 11 is 0. The van der Waals surface area contributed by atoms with Gasteiger partial charge in [0, 0.05) is 50.6 Å². The number of hydrogen-bond donors (Lipinski definition) is 0. The van der Waals surface area contributed by atoms with E-state index in [1.165, 1.54) is 6.07 Å². The number of hydrogen-bond acceptors (Lipinski definition) is 4. The van der Waals surface area contributed by atoms with E-state index in [0.717, 1.165) is 31.6 Å². The smallest absolute Gasteiger partial charge is 0.222 e. The van der Waals surface area contributed by atoms with Gasteiger partial charge in [0.05, 0.1) is 7.11 Å². The third kappa shape index (κ3) is 4.22. The highest BCUT2D eigenvalue weighted by molar-refractivity contribution is 5.79. The summed E-state index contributed by atoms with van der Waals surface area (Å²) < 4.78 is 25.2. The molecular weight excluding hydrogens is 371 g/mol. The normalized spacial score (nSPS) is 21.9. The number of fused-ring (bicyclic) bond motifs is 1. The fourth-order valence-electron chi connectivity index (χ4n) is 4.46. The van der Waals surface area contributed by atoms with E-state index >= 15 is 0 Å². The van der Waals surface area contributed by atoms with Crippen LogP contribution >= 0.6 is 0 Å². The Bertz CT molecular complexity index is 888. The maximum absolute atomic E-state index is 13.9. The van der Waals surface area contributed by atoms with Crippen LogP contribution in [0.1, 0.15) is 24.0 Å². The molecule has 29 heavy (non-hydrogen) atoms. The van der Waals surface area contributed by atoms with E-state index < -0.39 is 0 Å². The van der Waals surface area contributed by atoms with Crippen LogP contribution in [0, 0.1) is 11.7 Å². The second kappa shape index (κ2) is 8.41. The summed E-state index contributed by atoms with van der Waals surface area (Å²) in [7, 11) is 3.52. The lowest BCUT2D eigenvalue weighted by Crippen LogP contribution is -2.44. The molecule has 5 nitrogen and oxygen atoms in total. The molecule has 154 valence electrons. The minimum atomic E-state index is -0.276. The van der Waals surface area contributed by atoms with Crippen LogP contribution in [0.2, 0.25) is 0 Å². The number of amides is 1. The molecule has 0 radical (unpaired) electrons. The number of piperidine rings is 1. The first-order valence-corrected chi connectivity index (χ1v) is 10.1. The average Bonchev–Trinajstić information content (AvgIpc) is 3.00. The second-order valence-electron chi connectivity index (χ2n) is 7.93. The monoisotopic (exact) mass is 398 g/mol. The fourth-order valence-corrected chi connectivity index (χ4v) is 4.46. The number of likely N-dealkylation sites (tertiary alicyclic amines) is 2. The van der Waals surface area contributed by atoms with Gasteiger partial charge in [-0.05, 0) is 30.2 Å². The zero-order valence-electron chi connectivity index (χ0n) is 16.9. The fraction of sp³-hybridized carbons (Fsp3) is 0.435. The lowest BCUT2D eigenvalue weighted by molar-refractivity contribution is -0.127. The average molecular weight is 398 g/mol. The highest BCUT2D eigenvalue weighted by atomic mass is 19.1. The molecule has 2 saturated heterocycles. The van der Waals surface area contributed by atoms with Crippen molar-refractivity contribution in [2.45, 2.75) is 32.0 Å². The molecule has 0 unspecified atom stereocenters. The number of rotatable bonds is 6. The van der Waals surface area contributed by atoms with Crippen LogP contribution in [0.3, 0.4) is 0 Å². The minimum absolute atomic E-state index is 0.147. The number of nitrogens with zero attached hydrogens (tertiary/aromatic N) is 2. The van der Waals surface area contributed by atoms with Crippen molar-refractivity contribution in [2.24, 2.45) is 5.92 Å². The molecule has 0 bridgehead atoms. The van der Waals surface area contributed by atoms with Gasteiger partial charge in [-0.25, -0.2) is 4.39 Å². The maximum Gasteiger partial charge on any atom is 0.222 e. The summed E-state index contributed by atoms with van der Waals surface area (Å²) in [5, 5.41) is 0. The molecule has 2 heterocycles. The van der Waals surface area contributed by atoms with Crippen molar-refractivity contribution in [3.63, 3.8) is 0 Å². The van der Waals surface area contributed by atoms with Crippen molar-refractivity contribution in [1.82, 2.24) is 9.80 Å². The van der Waals surface area contributed by atoms with Crippen LogP contribution < -0.4 is 9.47 Å². The standard InChI is InChI=1S/C23H27FN2O3/c1-25-20-9-10-26(14-18(20)12-23(25)27)13-16-7-8-21(28-2)22(11-16)29-15-17-5-3-4-6-19(17)24/h3-8,11,18,20H,9-10,12-15H2,1-2H3/t18-,20+/m1/s1. The van der Waals surface area contributed by atoms with Gasteiger partial charge in [0.1, 0.15) is 12.4 Å². The van der Waals surface area contributed by atoms with Crippen LogP contribution in [0.15, 0.2) is 42.5 Å². The lowest BCUT2D eigenvalue weighted by atomic mass is 9.92. The topological polar surface area (TPSA) is 42.0 Å². The van der Waals surface area contributed by atoms with E-state index in [0.29, 0.717) is 35.4 Å². The Morgan fingerprint density at radius 3 is 2.79 bits per heavy atom. The number of ether oxygens (including phenoxy) is 2. The van der Waals surface area contributed by atoms with Crippen molar-refractivity contribution in [2.75, 3.05) is 27.2 Å². The zero-order valence-corrected chi connectivity index (χ0v) is 16.9. The van der Waals surface area contributed by atoms with E-state index in [-0.39, 0.29) is 18.3 Å². The number of methoxy groups -OCH3 is 1. The van der Waals surface area contributed by atoms with Gasteiger partial charge in [-0.3, -0.25) is 9.69 Å². The first-order chi connectivity index (χ1) is 14.0. The molecule has 0 spiro atoms. The summed E-state index contributed by atoms with van der Waals surface area (Å²) in [5.41, 5.74) is 1.63. The van der Waals surface area contributed by atoms with Gasteiger partial charge in [0.2, 0.25) is 5.91 Å². The maximum atomic E-state index is 13.9. The van der Waals surface area contributed by atoms with Crippen molar-refractivity contribution in [3.8, 4) is 11.5 Å². The molecule has 4 rings (SSSR count). The number of halogens is 1. The SMILES string of the molecule is COc1ccc(CN2CC[C@H]3[C@H](CC(=O)N3C)C2)cc1OCc1ccccc1F. The highest BCUT2D eigenvalue weighted by Crippen LogP contribution is 2.33. The molecule has 2 aliphatic heterocycles. The molecule has 2 aromatic carbocycles. The molecule has 2 atom stereocenters. The number of carbonyl (C=O) groups is 1. The quantitative estimate of drug-likeness (QED) is 0.747. The zero-order chi connectivity index (χ0) is 20.4. The first kappa shape index (κ1) is 19.7. The largest absolute Gasteiger partial charge is 0.493 e. The van der Waals surface area contributed by atoms with E-state index in [9.17, 15) is 9.18 Å². The van der Waals surface area contributed by atoms with E-state index in [1.807, 2.05) is 30.1 Å². The molecule has 2 fully saturated rings. The van der Waals surface area contributed by atoms with Crippen molar-refractivity contribution in [3.05, 3.63) is 59.4 Å². The van der Waals surface area contributed by atoms with Gasteiger partial charge >= 0.3 is 0 Å². The van der Waals surface area contributed by atoms with Crippen LogP contribution in [0.4, 0.5) is 4.39 Å². The molecule has 2 aliphatic rings. The molecule has 6 heteroatoms. The molecule has 0 aliphatic carbocycles. The summed E-state index contributed by atoms with van der Waals surface area (Å²) in [5.74, 6) is 1.64. The van der Waals surface area contributed by atoms with Crippen molar-refractivity contribution >= 4 is 5.91 Å². The number of carbonyl (C=O) groups excluding carboxylic acids is 1. The van der Waals surface area contributed by atoms with Crippen molar-refractivity contribution in [1.29, 1.82) is 0 Å². The summed E-state index contributed by atoms with van der Waals surface area (Å²) in [4.78, 5) is 16.3. The van der Waals surface area contributed by atoms with Gasteiger partial charge in [-0.2, -0.15) is 0 Å². The lowest BCUT2D eigenvalue weighted by Gasteiger charge is -2.36. The molecule has 0 aromatic heterocycles. The third-order valence-electron chi connectivity index (χ3n) is 6.08.